The molecule has 4 heteroatoms. The fraction of sp³-hybridized carbons (Fsp3) is 0.692. The van der Waals surface area contributed by atoms with Crippen LogP contribution in [0.3, 0.4) is 0 Å². The van der Waals surface area contributed by atoms with Gasteiger partial charge in [0.2, 0.25) is 0 Å². The maximum absolute atomic E-state index is 12.4. The predicted octanol–water partition coefficient (Wildman–Crippen LogP) is 1.52. The second-order valence-corrected chi connectivity index (χ2v) is 5.84. The van der Waals surface area contributed by atoms with Crippen LogP contribution >= 0.6 is 0 Å². The van der Waals surface area contributed by atoms with E-state index in [4.69, 9.17) is 0 Å². The van der Waals surface area contributed by atoms with Crippen molar-refractivity contribution in [1.29, 1.82) is 0 Å². The van der Waals surface area contributed by atoms with Crippen molar-refractivity contribution in [1.82, 2.24) is 9.80 Å². The number of urea groups is 1. The minimum atomic E-state index is -0.402. The average Bonchev–Trinajstić information content (AvgIpc) is 2.98. The summed E-state index contributed by atoms with van der Waals surface area (Å²) < 4.78 is 0. The molecule has 1 spiro atoms. The van der Waals surface area contributed by atoms with Crippen molar-refractivity contribution in [3.63, 3.8) is 0 Å². The van der Waals surface area contributed by atoms with E-state index in [2.05, 4.69) is 6.08 Å². The highest BCUT2D eigenvalue weighted by atomic mass is 16.2. The molecule has 1 saturated carbocycles. The number of carbonyl (C=O) groups is 2. The van der Waals surface area contributed by atoms with Gasteiger partial charge >= 0.3 is 6.03 Å². The van der Waals surface area contributed by atoms with Crippen LogP contribution in [-0.2, 0) is 4.79 Å². The number of carbonyl (C=O) groups excluding carboxylic acids is 2. The van der Waals surface area contributed by atoms with E-state index in [1.165, 1.54) is 16.9 Å². The maximum Gasteiger partial charge on any atom is 0.327 e. The lowest BCUT2D eigenvalue weighted by Gasteiger charge is -2.34. The SMILES string of the molecule is O=C1N(CC2=CCCC2)C(=O)C23CC(CN12)C3. The summed E-state index contributed by atoms with van der Waals surface area (Å²) in [6.45, 7) is 1.35. The van der Waals surface area contributed by atoms with Crippen LogP contribution in [0.15, 0.2) is 11.6 Å². The lowest BCUT2D eigenvalue weighted by Crippen LogP contribution is -2.49. The summed E-state index contributed by atoms with van der Waals surface area (Å²) in [7, 11) is 0. The molecular formula is C13H16N2O2. The highest BCUT2D eigenvalue weighted by molar-refractivity contribution is 6.08. The Kier molecular flexibility index (Phi) is 1.66. The van der Waals surface area contributed by atoms with Crippen LogP contribution in [0.4, 0.5) is 4.79 Å². The lowest BCUT2D eigenvalue weighted by atomic mass is 9.73. The summed E-state index contributed by atoms with van der Waals surface area (Å²) >= 11 is 0. The van der Waals surface area contributed by atoms with E-state index in [-0.39, 0.29) is 11.9 Å². The van der Waals surface area contributed by atoms with Crippen molar-refractivity contribution in [3.8, 4) is 0 Å². The number of hydrogen-bond acceptors (Lipinski definition) is 2. The standard InChI is InChI=1S/C13H16N2O2/c16-11-13-5-10(6-13)8-15(13)12(17)14(11)7-9-3-1-2-4-9/h3,10H,1-2,4-8H2. The Labute approximate surface area is 100 Å². The summed E-state index contributed by atoms with van der Waals surface area (Å²) in [6, 6.07) is -0.0391. The van der Waals surface area contributed by atoms with Gasteiger partial charge in [-0.1, -0.05) is 11.6 Å². The molecule has 3 heterocycles. The molecule has 0 aromatic carbocycles. The molecule has 0 radical (unpaired) electrons. The largest absolute Gasteiger partial charge is 0.327 e. The lowest BCUT2D eigenvalue weighted by molar-refractivity contribution is -0.134. The normalized spacial score (nSPS) is 38.6. The van der Waals surface area contributed by atoms with Gasteiger partial charge in [0, 0.05) is 6.54 Å². The van der Waals surface area contributed by atoms with Crippen molar-refractivity contribution in [2.75, 3.05) is 13.1 Å². The Balaban J connectivity index is 1.61. The molecule has 3 aliphatic heterocycles. The van der Waals surface area contributed by atoms with Gasteiger partial charge in [0.1, 0.15) is 5.54 Å². The number of allylic oxidation sites excluding steroid dienone is 1. The molecule has 3 amide bonds. The van der Waals surface area contributed by atoms with Crippen LogP contribution in [-0.4, -0.2) is 40.4 Å². The molecule has 0 N–H and O–H groups in total. The zero-order chi connectivity index (χ0) is 11.6. The van der Waals surface area contributed by atoms with Crippen LogP contribution in [0, 0.1) is 5.92 Å². The summed E-state index contributed by atoms with van der Waals surface area (Å²) in [5, 5.41) is 0. The number of amides is 3. The van der Waals surface area contributed by atoms with Crippen LogP contribution < -0.4 is 0 Å². The summed E-state index contributed by atoms with van der Waals surface area (Å²) in [6.07, 6.45) is 7.32. The maximum atomic E-state index is 12.4. The van der Waals surface area contributed by atoms with Gasteiger partial charge in [0.05, 0.1) is 6.54 Å². The fourth-order valence-corrected chi connectivity index (χ4v) is 3.94. The third kappa shape index (κ3) is 1.04. The van der Waals surface area contributed by atoms with Crippen LogP contribution in [0.5, 0.6) is 0 Å². The van der Waals surface area contributed by atoms with Gasteiger partial charge in [-0.25, -0.2) is 4.79 Å². The van der Waals surface area contributed by atoms with Gasteiger partial charge in [-0.05, 0) is 38.0 Å². The molecule has 90 valence electrons. The number of rotatable bonds is 2. The Morgan fingerprint density at radius 2 is 2.18 bits per heavy atom. The van der Waals surface area contributed by atoms with Crippen LogP contribution in [0.2, 0.25) is 0 Å². The molecule has 0 unspecified atom stereocenters. The first kappa shape index (κ1) is 9.68. The Hall–Kier alpha value is -1.32. The number of nitrogens with zero attached hydrogens (tertiary/aromatic N) is 2. The van der Waals surface area contributed by atoms with E-state index in [1.807, 2.05) is 4.90 Å². The predicted molar refractivity (Wildman–Crippen MR) is 61.2 cm³/mol. The monoisotopic (exact) mass is 232 g/mol. The van der Waals surface area contributed by atoms with Gasteiger partial charge in [-0.2, -0.15) is 0 Å². The van der Waals surface area contributed by atoms with Gasteiger partial charge in [0.15, 0.2) is 0 Å². The second kappa shape index (κ2) is 2.92. The van der Waals surface area contributed by atoms with E-state index >= 15 is 0 Å². The van der Waals surface area contributed by atoms with Gasteiger partial charge in [0.25, 0.3) is 5.91 Å². The van der Waals surface area contributed by atoms with Crippen molar-refractivity contribution in [2.45, 2.75) is 37.6 Å². The molecule has 2 aliphatic carbocycles. The van der Waals surface area contributed by atoms with Crippen molar-refractivity contribution >= 4 is 11.9 Å². The molecule has 0 atom stereocenters. The topological polar surface area (TPSA) is 40.6 Å². The smallest absolute Gasteiger partial charge is 0.309 e. The van der Waals surface area contributed by atoms with E-state index in [1.54, 1.807) is 0 Å². The van der Waals surface area contributed by atoms with Gasteiger partial charge in [-0.3, -0.25) is 9.69 Å². The van der Waals surface area contributed by atoms with Gasteiger partial charge < -0.3 is 4.90 Å². The van der Waals surface area contributed by atoms with Gasteiger partial charge in [-0.15, -0.1) is 0 Å². The first-order valence-corrected chi connectivity index (χ1v) is 6.52. The highest BCUT2D eigenvalue weighted by Crippen LogP contribution is 2.54. The van der Waals surface area contributed by atoms with E-state index < -0.39 is 5.54 Å². The molecule has 17 heavy (non-hydrogen) atoms. The van der Waals surface area contributed by atoms with E-state index in [9.17, 15) is 9.59 Å². The Morgan fingerprint density at radius 3 is 2.82 bits per heavy atom. The molecular weight excluding hydrogens is 216 g/mol. The van der Waals surface area contributed by atoms with E-state index in [0.29, 0.717) is 12.5 Å². The van der Waals surface area contributed by atoms with E-state index in [0.717, 1.165) is 32.2 Å². The number of hydrogen-bond donors (Lipinski definition) is 0. The zero-order valence-corrected chi connectivity index (χ0v) is 9.82. The minimum absolute atomic E-state index is 0.0391. The fourth-order valence-electron chi connectivity index (χ4n) is 3.94. The van der Waals surface area contributed by atoms with Crippen molar-refractivity contribution < 1.29 is 9.59 Å². The average molecular weight is 232 g/mol. The molecule has 5 aliphatic rings. The summed E-state index contributed by atoms with van der Waals surface area (Å²) in [5.74, 6) is 0.666. The first-order valence-electron chi connectivity index (χ1n) is 6.52. The molecule has 3 saturated heterocycles. The third-order valence-corrected chi connectivity index (χ3v) is 4.81. The summed E-state index contributed by atoms with van der Waals surface area (Å²) in [5.41, 5.74) is 0.862. The van der Waals surface area contributed by atoms with Crippen LogP contribution in [0.1, 0.15) is 32.1 Å². The summed E-state index contributed by atoms with van der Waals surface area (Å²) in [4.78, 5) is 27.9. The zero-order valence-electron chi connectivity index (χ0n) is 9.82. The molecule has 4 nitrogen and oxygen atoms in total. The third-order valence-electron chi connectivity index (χ3n) is 4.81. The molecule has 0 aromatic heterocycles. The van der Waals surface area contributed by atoms with Crippen molar-refractivity contribution in [3.05, 3.63) is 11.6 Å². The molecule has 2 bridgehead atoms. The minimum Gasteiger partial charge on any atom is -0.309 e. The second-order valence-electron chi connectivity index (χ2n) is 5.84. The Morgan fingerprint density at radius 1 is 1.35 bits per heavy atom. The quantitative estimate of drug-likeness (QED) is 0.535. The number of imide groups is 1. The van der Waals surface area contributed by atoms with Crippen molar-refractivity contribution in [2.24, 2.45) is 5.92 Å². The first-order chi connectivity index (χ1) is 8.21. The highest BCUT2D eigenvalue weighted by Gasteiger charge is 2.68. The van der Waals surface area contributed by atoms with Crippen LogP contribution in [0.25, 0.3) is 0 Å². The Bertz CT molecular complexity index is 446. The molecule has 5 rings (SSSR count). The molecule has 4 fully saturated rings. The molecule has 0 aromatic rings.